The van der Waals surface area contributed by atoms with Crippen LogP contribution in [0.4, 0.5) is 5.69 Å². The predicted octanol–water partition coefficient (Wildman–Crippen LogP) is 3.97. The molecule has 2 aliphatic rings. The van der Waals surface area contributed by atoms with Gasteiger partial charge >= 0.3 is 0 Å². The zero-order valence-electron chi connectivity index (χ0n) is 16.6. The van der Waals surface area contributed by atoms with Gasteiger partial charge in [0, 0.05) is 36.2 Å². The molecule has 7 heteroatoms. The van der Waals surface area contributed by atoms with Crippen molar-refractivity contribution in [2.24, 2.45) is 0 Å². The van der Waals surface area contributed by atoms with Crippen LogP contribution in [0.5, 0.6) is 0 Å². The molecule has 0 spiro atoms. The Morgan fingerprint density at radius 2 is 2.17 bits per heavy atom. The molecule has 29 heavy (non-hydrogen) atoms. The molecule has 2 aliphatic heterocycles. The van der Waals surface area contributed by atoms with Gasteiger partial charge in [0.25, 0.3) is 11.8 Å². The van der Waals surface area contributed by atoms with Crippen molar-refractivity contribution in [2.45, 2.75) is 38.3 Å². The van der Waals surface area contributed by atoms with Gasteiger partial charge in [0.2, 0.25) is 0 Å². The van der Waals surface area contributed by atoms with Gasteiger partial charge in [0.05, 0.1) is 12.4 Å². The van der Waals surface area contributed by atoms with Crippen LogP contribution in [0.25, 0.3) is 0 Å². The minimum absolute atomic E-state index is 0.00139. The summed E-state index contributed by atoms with van der Waals surface area (Å²) in [4.78, 5) is 27.8. The van der Waals surface area contributed by atoms with Crippen molar-refractivity contribution in [3.8, 4) is 0 Å². The summed E-state index contributed by atoms with van der Waals surface area (Å²) >= 11 is 1.89. The second-order valence-corrected chi connectivity index (χ2v) is 8.72. The van der Waals surface area contributed by atoms with Gasteiger partial charge in [-0.3, -0.25) is 9.59 Å². The topological polar surface area (TPSA) is 71.8 Å². The van der Waals surface area contributed by atoms with Crippen LogP contribution < -0.4 is 5.32 Å². The van der Waals surface area contributed by atoms with Crippen LogP contribution in [-0.2, 0) is 4.74 Å². The van der Waals surface area contributed by atoms with E-state index in [0.717, 1.165) is 42.9 Å². The number of anilines is 1. The van der Waals surface area contributed by atoms with Gasteiger partial charge in [0.1, 0.15) is 0 Å². The van der Waals surface area contributed by atoms with Gasteiger partial charge in [0.15, 0.2) is 5.76 Å². The molecule has 1 aromatic carbocycles. The Balaban J connectivity index is 1.54. The zero-order valence-corrected chi connectivity index (χ0v) is 17.4. The molecule has 1 N–H and O–H groups in total. The molecule has 2 atom stereocenters. The second-order valence-electron chi connectivity index (χ2n) is 7.57. The molecule has 1 aromatic heterocycles. The summed E-state index contributed by atoms with van der Waals surface area (Å²) in [5, 5.41) is 2.86. The van der Waals surface area contributed by atoms with Crippen LogP contribution >= 0.6 is 11.8 Å². The SMILES string of the molecule is Cc1ccc(C(=O)N(C[C@H]2CCCO2)[C@@H]2CCSC2)cc1NC(=O)c1ccco1. The predicted molar refractivity (Wildman–Crippen MR) is 114 cm³/mol. The van der Waals surface area contributed by atoms with Gasteiger partial charge in [-0.1, -0.05) is 6.07 Å². The van der Waals surface area contributed by atoms with Gasteiger partial charge in [-0.15, -0.1) is 0 Å². The third-order valence-electron chi connectivity index (χ3n) is 5.51. The Kier molecular flexibility index (Phi) is 6.25. The average molecular weight is 415 g/mol. The van der Waals surface area contributed by atoms with E-state index in [2.05, 4.69) is 5.32 Å². The highest BCUT2D eigenvalue weighted by molar-refractivity contribution is 7.99. The van der Waals surface area contributed by atoms with Crippen LogP contribution in [-0.4, -0.2) is 53.5 Å². The number of nitrogens with zero attached hydrogens (tertiary/aromatic N) is 1. The molecule has 3 heterocycles. The number of carbonyl (C=O) groups is 2. The highest BCUT2D eigenvalue weighted by Crippen LogP contribution is 2.27. The lowest BCUT2D eigenvalue weighted by Gasteiger charge is -2.31. The van der Waals surface area contributed by atoms with Crippen LogP contribution in [0.2, 0.25) is 0 Å². The molecule has 4 rings (SSSR count). The maximum Gasteiger partial charge on any atom is 0.291 e. The Bertz CT molecular complexity index is 856. The summed E-state index contributed by atoms with van der Waals surface area (Å²) in [6.07, 6.45) is 4.65. The summed E-state index contributed by atoms with van der Waals surface area (Å²) in [5.41, 5.74) is 2.10. The molecule has 2 fully saturated rings. The number of benzene rings is 1. The Morgan fingerprint density at radius 3 is 2.86 bits per heavy atom. The number of carbonyl (C=O) groups excluding carboxylic acids is 2. The van der Waals surface area contributed by atoms with Crippen molar-refractivity contribution < 1.29 is 18.7 Å². The van der Waals surface area contributed by atoms with Gasteiger partial charge < -0.3 is 19.4 Å². The van der Waals surface area contributed by atoms with E-state index >= 15 is 0 Å². The first-order valence-corrected chi connectivity index (χ1v) is 11.2. The normalized spacial score (nSPS) is 21.3. The van der Waals surface area contributed by atoms with Crippen molar-refractivity contribution >= 4 is 29.3 Å². The highest BCUT2D eigenvalue weighted by atomic mass is 32.2. The molecule has 0 aliphatic carbocycles. The van der Waals surface area contributed by atoms with Gasteiger partial charge in [-0.05, 0) is 61.8 Å². The summed E-state index contributed by atoms with van der Waals surface area (Å²) in [6.45, 7) is 3.31. The smallest absolute Gasteiger partial charge is 0.291 e. The van der Waals surface area contributed by atoms with Gasteiger partial charge in [-0.25, -0.2) is 0 Å². The van der Waals surface area contributed by atoms with E-state index in [1.54, 1.807) is 18.2 Å². The van der Waals surface area contributed by atoms with Crippen molar-refractivity contribution in [1.29, 1.82) is 0 Å². The zero-order chi connectivity index (χ0) is 20.2. The van der Waals surface area contributed by atoms with E-state index in [4.69, 9.17) is 9.15 Å². The minimum Gasteiger partial charge on any atom is -0.459 e. The molecule has 0 bridgehead atoms. The quantitative estimate of drug-likeness (QED) is 0.774. The maximum atomic E-state index is 13.4. The minimum atomic E-state index is -0.328. The molecule has 154 valence electrons. The number of furan rings is 1. The Labute approximate surface area is 175 Å². The van der Waals surface area contributed by atoms with Crippen molar-refractivity contribution in [2.75, 3.05) is 30.0 Å². The number of thioether (sulfide) groups is 1. The molecule has 2 aromatic rings. The monoisotopic (exact) mass is 414 g/mol. The second kappa shape index (κ2) is 9.05. The average Bonchev–Trinajstić information content (AvgIpc) is 3.50. The number of ether oxygens (including phenoxy) is 1. The molecule has 0 radical (unpaired) electrons. The first kappa shape index (κ1) is 20.0. The fourth-order valence-electron chi connectivity index (χ4n) is 3.82. The summed E-state index contributed by atoms with van der Waals surface area (Å²) in [7, 11) is 0. The lowest BCUT2D eigenvalue weighted by Crippen LogP contribution is -2.44. The lowest BCUT2D eigenvalue weighted by molar-refractivity contribution is 0.0442. The van der Waals surface area contributed by atoms with E-state index in [1.165, 1.54) is 6.26 Å². The standard InChI is InChI=1S/C22H26N2O4S/c1-15-6-7-16(12-19(15)23-21(25)20-5-3-10-28-20)22(26)24(17-8-11-29-14-17)13-18-4-2-9-27-18/h3,5-7,10,12,17-18H,2,4,8-9,11,13-14H2,1H3,(H,23,25)/t17-,18-/m1/s1. The highest BCUT2D eigenvalue weighted by Gasteiger charge is 2.31. The van der Waals surface area contributed by atoms with Crippen molar-refractivity contribution in [3.05, 3.63) is 53.5 Å². The van der Waals surface area contributed by atoms with Crippen molar-refractivity contribution in [3.63, 3.8) is 0 Å². The molecule has 6 nitrogen and oxygen atoms in total. The lowest BCUT2D eigenvalue weighted by atomic mass is 10.1. The summed E-state index contributed by atoms with van der Waals surface area (Å²) < 4.78 is 11.0. The first-order valence-electron chi connectivity index (χ1n) is 10.1. The number of rotatable bonds is 6. The number of hydrogen-bond donors (Lipinski definition) is 1. The molecular formula is C22H26N2O4S. The first-order chi connectivity index (χ1) is 14.1. The molecule has 2 amide bonds. The van der Waals surface area contributed by atoms with E-state index in [0.29, 0.717) is 17.8 Å². The number of nitrogens with one attached hydrogen (secondary N) is 1. The number of aryl methyl sites for hydroxylation is 1. The summed E-state index contributed by atoms with van der Waals surface area (Å²) in [5.74, 6) is 1.96. The van der Waals surface area contributed by atoms with Crippen LogP contribution in [0.15, 0.2) is 41.0 Å². The number of amides is 2. The van der Waals surface area contributed by atoms with Crippen molar-refractivity contribution in [1.82, 2.24) is 4.90 Å². The van der Waals surface area contributed by atoms with Gasteiger partial charge in [-0.2, -0.15) is 11.8 Å². The molecule has 2 saturated heterocycles. The van der Waals surface area contributed by atoms with Crippen LogP contribution in [0.1, 0.15) is 45.7 Å². The molecule has 0 saturated carbocycles. The maximum absolute atomic E-state index is 13.4. The van der Waals surface area contributed by atoms with E-state index in [1.807, 2.05) is 35.7 Å². The fraction of sp³-hybridized carbons (Fsp3) is 0.455. The Morgan fingerprint density at radius 1 is 1.28 bits per heavy atom. The third-order valence-corrected chi connectivity index (χ3v) is 6.65. The molecule has 0 unspecified atom stereocenters. The van der Waals surface area contributed by atoms with E-state index in [-0.39, 0.29) is 29.7 Å². The largest absolute Gasteiger partial charge is 0.459 e. The number of hydrogen-bond acceptors (Lipinski definition) is 5. The van der Waals surface area contributed by atoms with Crippen LogP contribution in [0.3, 0.4) is 0 Å². The summed E-state index contributed by atoms with van der Waals surface area (Å²) in [6, 6.07) is 9.00. The molecular weight excluding hydrogens is 388 g/mol. The third kappa shape index (κ3) is 4.67. The van der Waals surface area contributed by atoms with E-state index < -0.39 is 0 Å². The Hall–Kier alpha value is -2.25. The van der Waals surface area contributed by atoms with E-state index in [9.17, 15) is 9.59 Å². The fourth-order valence-corrected chi connectivity index (χ4v) is 5.04. The van der Waals surface area contributed by atoms with Crippen LogP contribution in [0, 0.1) is 6.92 Å².